The molecule has 0 aliphatic carbocycles. The maximum Gasteiger partial charge on any atom is 0.330 e. The van der Waals surface area contributed by atoms with E-state index in [0.29, 0.717) is 30.1 Å². The highest BCUT2D eigenvalue weighted by molar-refractivity contribution is 5.99. The molecule has 0 radical (unpaired) electrons. The van der Waals surface area contributed by atoms with Crippen molar-refractivity contribution in [1.82, 2.24) is 14.1 Å². The molecule has 1 aliphatic heterocycles. The van der Waals surface area contributed by atoms with E-state index in [1.807, 2.05) is 60.7 Å². The first-order chi connectivity index (χ1) is 16.0. The van der Waals surface area contributed by atoms with Gasteiger partial charge in [-0.15, -0.1) is 0 Å². The molecule has 8 heteroatoms. The Bertz CT molecular complexity index is 1390. The van der Waals surface area contributed by atoms with Gasteiger partial charge in [-0.1, -0.05) is 60.7 Å². The fourth-order valence-corrected chi connectivity index (χ4v) is 4.25. The van der Waals surface area contributed by atoms with Crippen molar-refractivity contribution in [3.63, 3.8) is 0 Å². The Kier molecular flexibility index (Phi) is 5.26. The van der Waals surface area contributed by atoms with Gasteiger partial charge in [-0.25, -0.2) is 9.78 Å². The second-order valence-electron chi connectivity index (χ2n) is 8.18. The second-order valence-corrected chi connectivity index (χ2v) is 8.18. The van der Waals surface area contributed by atoms with Gasteiger partial charge in [0.2, 0.25) is 5.91 Å². The average Bonchev–Trinajstić information content (AvgIpc) is 3.34. The number of nitrogens with zero attached hydrogens (tertiary/aromatic N) is 4. The molecule has 0 saturated carbocycles. The van der Waals surface area contributed by atoms with Crippen LogP contribution in [0.25, 0.3) is 11.2 Å². The van der Waals surface area contributed by atoms with E-state index < -0.39 is 11.9 Å². The molecule has 1 fully saturated rings. The van der Waals surface area contributed by atoms with Crippen LogP contribution in [0, 0.1) is 5.92 Å². The number of rotatable bonds is 6. The Morgan fingerprint density at radius 3 is 2.06 bits per heavy atom. The third kappa shape index (κ3) is 3.91. The van der Waals surface area contributed by atoms with Crippen LogP contribution in [0.1, 0.15) is 17.5 Å². The van der Waals surface area contributed by atoms with Crippen molar-refractivity contribution in [2.45, 2.75) is 19.5 Å². The van der Waals surface area contributed by atoms with E-state index in [1.165, 1.54) is 4.90 Å². The number of carbonyl (C=O) groups is 2. The van der Waals surface area contributed by atoms with Gasteiger partial charge in [-0.05, 0) is 23.3 Å². The van der Waals surface area contributed by atoms with E-state index >= 15 is 0 Å². The lowest BCUT2D eigenvalue weighted by atomic mass is 10.1. The zero-order chi connectivity index (χ0) is 22.9. The molecule has 1 saturated heterocycles. The number of anilines is 1. The molecule has 5 rings (SSSR count). The smallest absolute Gasteiger partial charge is 0.330 e. The molecule has 2 aromatic carbocycles. The van der Waals surface area contributed by atoms with Gasteiger partial charge in [-0.2, -0.15) is 0 Å². The van der Waals surface area contributed by atoms with Crippen LogP contribution >= 0.6 is 0 Å². The molecule has 3 heterocycles. The summed E-state index contributed by atoms with van der Waals surface area (Å²) in [5.41, 5.74) is 2.86. The van der Waals surface area contributed by atoms with E-state index in [0.717, 1.165) is 11.1 Å². The van der Waals surface area contributed by atoms with Crippen LogP contribution in [0.4, 0.5) is 5.82 Å². The van der Waals surface area contributed by atoms with Gasteiger partial charge in [0, 0.05) is 13.0 Å². The largest absolute Gasteiger partial charge is 0.481 e. The third-order valence-electron chi connectivity index (χ3n) is 5.97. The standard InChI is InChI=1S/C25H22N4O4/c30-22-13-19(24(31)32)16-28(22)21-12-11-20-23(26-21)29(15-18-9-5-2-6-10-18)25(33)27(20)14-17-7-3-1-4-8-17/h1-12,19H,13-16H2,(H,31,32). The summed E-state index contributed by atoms with van der Waals surface area (Å²) < 4.78 is 3.28. The highest BCUT2D eigenvalue weighted by Gasteiger charge is 2.36. The Morgan fingerprint density at radius 1 is 0.879 bits per heavy atom. The summed E-state index contributed by atoms with van der Waals surface area (Å²) in [5, 5.41) is 9.31. The van der Waals surface area contributed by atoms with Gasteiger partial charge in [0.25, 0.3) is 0 Å². The predicted octanol–water partition coefficient (Wildman–Crippen LogP) is 2.73. The summed E-state index contributed by atoms with van der Waals surface area (Å²) in [7, 11) is 0. The predicted molar refractivity (Wildman–Crippen MR) is 123 cm³/mol. The molecule has 33 heavy (non-hydrogen) atoms. The van der Waals surface area contributed by atoms with Crippen molar-refractivity contribution in [3.8, 4) is 0 Å². The zero-order valence-corrected chi connectivity index (χ0v) is 17.8. The van der Waals surface area contributed by atoms with Crippen LogP contribution in [0.5, 0.6) is 0 Å². The van der Waals surface area contributed by atoms with E-state index in [1.54, 1.807) is 21.3 Å². The highest BCUT2D eigenvalue weighted by atomic mass is 16.4. The van der Waals surface area contributed by atoms with Crippen LogP contribution in [-0.4, -0.2) is 37.6 Å². The van der Waals surface area contributed by atoms with E-state index in [9.17, 15) is 19.5 Å². The molecule has 4 aromatic rings. The molecule has 8 nitrogen and oxygen atoms in total. The minimum atomic E-state index is -0.998. The van der Waals surface area contributed by atoms with Crippen molar-refractivity contribution in [1.29, 1.82) is 0 Å². The normalized spacial score (nSPS) is 15.9. The lowest BCUT2D eigenvalue weighted by molar-refractivity contribution is -0.141. The SMILES string of the molecule is O=C(O)C1CC(=O)N(c2ccc3c(n2)n(Cc2ccccc2)c(=O)n3Cc2ccccc2)C1. The molecule has 1 atom stereocenters. The first-order valence-electron chi connectivity index (χ1n) is 10.7. The summed E-state index contributed by atoms with van der Waals surface area (Å²) in [6.07, 6.45) is -0.0547. The number of amides is 1. The number of hydrogen-bond donors (Lipinski definition) is 1. The number of fused-ring (bicyclic) bond motifs is 1. The Balaban J connectivity index is 1.61. The number of pyridine rings is 1. The number of benzene rings is 2. The highest BCUT2D eigenvalue weighted by Crippen LogP contribution is 2.26. The molecule has 1 N–H and O–H groups in total. The first-order valence-corrected chi connectivity index (χ1v) is 10.7. The summed E-state index contributed by atoms with van der Waals surface area (Å²) in [6.45, 7) is 0.795. The van der Waals surface area contributed by atoms with Crippen LogP contribution in [-0.2, 0) is 22.7 Å². The summed E-state index contributed by atoms with van der Waals surface area (Å²) in [5.74, 6) is -1.68. The van der Waals surface area contributed by atoms with Gasteiger partial charge in [0.05, 0.1) is 24.5 Å². The Hall–Kier alpha value is -4.20. The van der Waals surface area contributed by atoms with Crippen LogP contribution in [0.3, 0.4) is 0 Å². The second kappa shape index (κ2) is 8.38. The first kappa shape index (κ1) is 20.7. The fourth-order valence-electron chi connectivity index (χ4n) is 4.25. The minimum absolute atomic E-state index is 0.0547. The molecule has 1 unspecified atom stereocenters. The molecule has 1 aliphatic rings. The van der Waals surface area contributed by atoms with Crippen LogP contribution < -0.4 is 10.6 Å². The van der Waals surface area contributed by atoms with Crippen molar-refractivity contribution in [2.75, 3.05) is 11.4 Å². The zero-order valence-electron chi connectivity index (χ0n) is 17.8. The summed E-state index contributed by atoms with van der Waals surface area (Å²) in [6, 6.07) is 22.8. The number of imidazole rings is 1. The summed E-state index contributed by atoms with van der Waals surface area (Å²) in [4.78, 5) is 43.4. The summed E-state index contributed by atoms with van der Waals surface area (Å²) >= 11 is 0. The molecular weight excluding hydrogens is 420 g/mol. The van der Waals surface area contributed by atoms with Crippen molar-refractivity contribution < 1.29 is 14.7 Å². The number of carboxylic acid groups (broad SMARTS) is 1. The Morgan fingerprint density at radius 2 is 1.48 bits per heavy atom. The van der Waals surface area contributed by atoms with Crippen molar-refractivity contribution >= 4 is 28.9 Å². The molecule has 0 bridgehead atoms. The number of carboxylic acids is 1. The van der Waals surface area contributed by atoms with Crippen LogP contribution in [0.2, 0.25) is 0 Å². The van der Waals surface area contributed by atoms with Gasteiger partial charge in [0.1, 0.15) is 5.82 Å². The van der Waals surface area contributed by atoms with Crippen molar-refractivity contribution in [3.05, 3.63) is 94.4 Å². The molecule has 0 spiro atoms. The topological polar surface area (TPSA) is 97.4 Å². The number of hydrogen-bond acceptors (Lipinski definition) is 4. The number of carbonyl (C=O) groups excluding carboxylic acids is 1. The third-order valence-corrected chi connectivity index (χ3v) is 5.97. The van der Waals surface area contributed by atoms with Gasteiger partial charge < -0.3 is 5.11 Å². The lowest BCUT2D eigenvalue weighted by Crippen LogP contribution is -2.27. The maximum atomic E-state index is 13.5. The van der Waals surface area contributed by atoms with E-state index in [4.69, 9.17) is 0 Å². The average molecular weight is 442 g/mol. The lowest BCUT2D eigenvalue weighted by Gasteiger charge is -2.15. The number of aromatic nitrogens is 3. The fraction of sp³-hybridized carbons (Fsp3) is 0.200. The van der Waals surface area contributed by atoms with Gasteiger partial charge in [0.15, 0.2) is 5.65 Å². The van der Waals surface area contributed by atoms with E-state index in [2.05, 4.69) is 4.98 Å². The van der Waals surface area contributed by atoms with Crippen LogP contribution in [0.15, 0.2) is 77.6 Å². The molecule has 1 amide bonds. The van der Waals surface area contributed by atoms with Gasteiger partial charge in [-0.3, -0.25) is 23.6 Å². The molecule has 166 valence electrons. The monoisotopic (exact) mass is 442 g/mol. The maximum absolute atomic E-state index is 13.5. The van der Waals surface area contributed by atoms with Crippen molar-refractivity contribution in [2.24, 2.45) is 5.92 Å². The minimum Gasteiger partial charge on any atom is -0.481 e. The quantitative estimate of drug-likeness (QED) is 0.495. The molecular formula is C25H22N4O4. The Labute approximate surface area is 189 Å². The molecule has 2 aromatic heterocycles. The van der Waals surface area contributed by atoms with E-state index in [-0.39, 0.29) is 24.6 Å². The number of aliphatic carboxylic acids is 1. The van der Waals surface area contributed by atoms with Gasteiger partial charge >= 0.3 is 11.7 Å².